The first-order valence-corrected chi connectivity index (χ1v) is 5.45. The zero-order valence-electron chi connectivity index (χ0n) is 9.75. The van der Waals surface area contributed by atoms with Crippen LogP contribution >= 0.6 is 0 Å². The van der Waals surface area contributed by atoms with Crippen molar-refractivity contribution in [3.05, 3.63) is 36.4 Å². The number of carbonyl (C=O) groups excluding carboxylic acids is 1. The second-order valence-electron chi connectivity index (χ2n) is 4.35. The van der Waals surface area contributed by atoms with E-state index in [1.165, 1.54) is 0 Å². The van der Waals surface area contributed by atoms with Gasteiger partial charge in [-0.1, -0.05) is 18.7 Å². The Bertz CT molecular complexity index is 425. The lowest BCUT2D eigenvalue weighted by Gasteiger charge is -2.15. The normalized spacial score (nSPS) is 16.6. The number of ketones is 1. The molecule has 1 aromatic rings. The van der Waals surface area contributed by atoms with Crippen molar-refractivity contribution < 1.29 is 9.53 Å². The van der Waals surface area contributed by atoms with Crippen LogP contribution in [0.1, 0.15) is 25.3 Å². The number of methoxy groups -OCH3 is 1. The lowest BCUT2D eigenvalue weighted by molar-refractivity contribution is -0.120. The molecule has 1 saturated carbocycles. The summed E-state index contributed by atoms with van der Waals surface area (Å²) in [5.41, 5.74) is 1.71. The third-order valence-corrected chi connectivity index (χ3v) is 3.44. The van der Waals surface area contributed by atoms with Gasteiger partial charge < -0.3 is 4.74 Å². The van der Waals surface area contributed by atoms with Crippen LogP contribution in [-0.2, 0) is 4.79 Å². The minimum atomic E-state index is -0.269. The molecule has 0 aromatic heterocycles. The van der Waals surface area contributed by atoms with Crippen molar-refractivity contribution in [1.82, 2.24) is 0 Å². The smallest absolute Gasteiger partial charge is 0.140 e. The number of carbonyl (C=O) groups is 1. The largest absolute Gasteiger partial charge is 0.497 e. The highest BCUT2D eigenvalue weighted by atomic mass is 16.5. The van der Waals surface area contributed by atoms with E-state index < -0.39 is 0 Å². The number of ether oxygens (including phenoxy) is 1. The quantitative estimate of drug-likeness (QED) is 0.773. The van der Waals surface area contributed by atoms with Crippen molar-refractivity contribution in [3.8, 4) is 5.75 Å². The van der Waals surface area contributed by atoms with Crippen LogP contribution in [0, 0.1) is 5.41 Å². The fraction of sp³-hybridized carbons (Fsp3) is 0.357. The third kappa shape index (κ3) is 1.64. The van der Waals surface area contributed by atoms with Crippen LogP contribution in [0.2, 0.25) is 0 Å². The molecule has 16 heavy (non-hydrogen) atoms. The molecule has 0 bridgehead atoms. The molecule has 2 rings (SSSR count). The molecule has 1 aromatic carbocycles. The maximum atomic E-state index is 11.6. The highest BCUT2D eigenvalue weighted by Gasteiger charge is 2.49. The Morgan fingerprint density at radius 2 is 1.88 bits per heavy atom. The molecule has 1 aliphatic carbocycles. The summed E-state index contributed by atoms with van der Waals surface area (Å²) in [7, 11) is 1.64. The number of hydrogen-bond donors (Lipinski definition) is 0. The van der Waals surface area contributed by atoms with Crippen LogP contribution in [0.5, 0.6) is 5.75 Å². The van der Waals surface area contributed by atoms with Gasteiger partial charge in [0, 0.05) is 0 Å². The molecule has 1 fully saturated rings. The lowest BCUT2D eigenvalue weighted by Crippen LogP contribution is -2.13. The molecule has 2 nitrogen and oxygen atoms in total. The van der Waals surface area contributed by atoms with E-state index in [2.05, 4.69) is 6.58 Å². The molecule has 0 radical (unpaired) electrons. The highest BCUT2D eigenvalue weighted by molar-refractivity contribution is 5.98. The summed E-state index contributed by atoms with van der Waals surface area (Å²) in [6.07, 6.45) is 1.88. The molecule has 1 aliphatic rings. The Labute approximate surface area is 95.9 Å². The summed E-state index contributed by atoms with van der Waals surface area (Å²) in [4.78, 5) is 11.6. The van der Waals surface area contributed by atoms with Gasteiger partial charge >= 0.3 is 0 Å². The van der Waals surface area contributed by atoms with E-state index in [9.17, 15) is 4.79 Å². The predicted molar refractivity (Wildman–Crippen MR) is 64.4 cm³/mol. The fourth-order valence-corrected chi connectivity index (χ4v) is 2.06. The van der Waals surface area contributed by atoms with Gasteiger partial charge in [0.05, 0.1) is 12.5 Å². The molecule has 0 unspecified atom stereocenters. The zero-order valence-corrected chi connectivity index (χ0v) is 9.75. The molecule has 0 N–H and O–H groups in total. The zero-order chi connectivity index (χ0) is 11.8. The first-order chi connectivity index (χ1) is 7.60. The van der Waals surface area contributed by atoms with E-state index in [1.54, 1.807) is 14.0 Å². The van der Waals surface area contributed by atoms with Crippen molar-refractivity contribution in [1.29, 1.82) is 0 Å². The monoisotopic (exact) mass is 216 g/mol. The minimum Gasteiger partial charge on any atom is -0.497 e. The van der Waals surface area contributed by atoms with Crippen LogP contribution in [0.15, 0.2) is 30.8 Å². The highest BCUT2D eigenvalue weighted by Crippen LogP contribution is 2.55. The van der Waals surface area contributed by atoms with Gasteiger partial charge in [0.2, 0.25) is 0 Å². The Hall–Kier alpha value is -1.57. The van der Waals surface area contributed by atoms with Crippen LogP contribution in [0.3, 0.4) is 0 Å². The Morgan fingerprint density at radius 1 is 1.31 bits per heavy atom. The topological polar surface area (TPSA) is 26.3 Å². The second-order valence-corrected chi connectivity index (χ2v) is 4.35. The standard InChI is InChI=1S/C14H16O2/c1-10(14(8-9-14)11(2)15)12-4-6-13(16-3)7-5-12/h4-7H,1,8-9H2,2-3H3. The van der Waals surface area contributed by atoms with Crippen molar-refractivity contribution in [2.45, 2.75) is 19.8 Å². The molecular weight excluding hydrogens is 200 g/mol. The van der Waals surface area contributed by atoms with Crippen molar-refractivity contribution in [2.75, 3.05) is 7.11 Å². The first-order valence-electron chi connectivity index (χ1n) is 5.45. The summed E-state index contributed by atoms with van der Waals surface area (Å²) in [6.45, 7) is 5.73. The predicted octanol–water partition coefficient (Wildman–Crippen LogP) is 3.08. The van der Waals surface area contributed by atoms with Crippen LogP contribution in [0.25, 0.3) is 5.57 Å². The molecule has 2 heteroatoms. The van der Waals surface area contributed by atoms with Crippen molar-refractivity contribution in [3.63, 3.8) is 0 Å². The van der Waals surface area contributed by atoms with E-state index in [0.29, 0.717) is 0 Å². The summed E-state index contributed by atoms with van der Waals surface area (Å²) >= 11 is 0. The van der Waals surface area contributed by atoms with Gasteiger partial charge in [0.1, 0.15) is 11.5 Å². The van der Waals surface area contributed by atoms with Crippen molar-refractivity contribution in [2.24, 2.45) is 5.41 Å². The van der Waals surface area contributed by atoms with E-state index in [0.717, 1.165) is 29.7 Å². The number of rotatable bonds is 4. The molecule has 0 aliphatic heterocycles. The first kappa shape index (κ1) is 10.9. The Morgan fingerprint density at radius 3 is 2.25 bits per heavy atom. The summed E-state index contributed by atoms with van der Waals surface area (Å²) in [5, 5.41) is 0. The van der Waals surface area contributed by atoms with E-state index in [1.807, 2.05) is 24.3 Å². The molecule has 0 saturated heterocycles. The summed E-state index contributed by atoms with van der Waals surface area (Å²) in [6, 6.07) is 7.72. The number of benzene rings is 1. The average Bonchev–Trinajstić information content (AvgIpc) is 3.09. The van der Waals surface area contributed by atoms with E-state index in [4.69, 9.17) is 4.74 Å². The molecular formula is C14H16O2. The minimum absolute atomic E-state index is 0.230. The number of allylic oxidation sites excluding steroid dienone is 1. The Balaban J connectivity index is 2.25. The molecule has 84 valence electrons. The third-order valence-electron chi connectivity index (χ3n) is 3.44. The van der Waals surface area contributed by atoms with Gasteiger partial charge in [-0.3, -0.25) is 4.79 Å². The molecule has 0 heterocycles. The van der Waals surface area contributed by atoms with Gasteiger partial charge in [-0.25, -0.2) is 0 Å². The van der Waals surface area contributed by atoms with Gasteiger partial charge in [-0.2, -0.15) is 0 Å². The molecule has 0 atom stereocenters. The van der Waals surface area contributed by atoms with Gasteiger partial charge in [-0.05, 0) is 43.0 Å². The summed E-state index contributed by atoms with van der Waals surface area (Å²) in [5.74, 6) is 1.05. The van der Waals surface area contributed by atoms with E-state index in [-0.39, 0.29) is 11.2 Å². The maximum absolute atomic E-state index is 11.6. The number of hydrogen-bond acceptors (Lipinski definition) is 2. The molecule has 0 amide bonds. The van der Waals surface area contributed by atoms with Crippen LogP contribution in [0.4, 0.5) is 0 Å². The average molecular weight is 216 g/mol. The van der Waals surface area contributed by atoms with Gasteiger partial charge in [-0.15, -0.1) is 0 Å². The Kier molecular flexibility index (Phi) is 2.58. The lowest BCUT2D eigenvalue weighted by atomic mass is 9.88. The van der Waals surface area contributed by atoms with E-state index >= 15 is 0 Å². The van der Waals surface area contributed by atoms with Crippen LogP contribution in [-0.4, -0.2) is 12.9 Å². The summed E-state index contributed by atoms with van der Waals surface area (Å²) < 4.78 is 5.10. The molecule has 0 spiro atoms. The second kappa shape index (κ2) is 3.78. The maximum Gasteiger partial charge on any atom is 0.140 e. The fourth-order valence-electron chi connectivity index (χ4n) is 2.06. The van der Waals surface area contributed by atoms with Crippen molar-refractivity contribution >= 4 is 11.4 Å². The number of Topliss-reactive ketones (excluding diaryl/α,β-unsaturated/α-hetero) is 1. The van der Waals surface area contributed by atoms with Crippen LogP contribution < -0.4 is 4.74 Å². The SMILES string of the molecule is C=C(c1ccc(OC)cc1)C1(C(C)=O)CC1. The van der Waals surface area contributed by atoms with Gasteiger partial charge in [0.15, 0.2) is 0 Å². The van der Waals surface area contributed by atoms with Gasteiger partial charge in [0.25, 0.3) is 0 Å².